The number of aromatic nitrogens is 1. The number of fused-ring (bicyclic) bond motifs is 2. The predicted molar refractivity (Wildman–Crippen MR) is 83.0 cm³/mol. The average Bonchev–Trinajstić information content (AvgIpc) is 2.51. The van der Waals surface area contributed by atoms with Crippen LogP contribution in [0.4, 0.5) is 0 Å². The van der Waals surface area contributed by atoms with Gasteiger partial charge in [-0.15, -0.1) is 0 Å². The van der Waals surface area contributed by atoms with Gasteiger partial charge in [-0.3, -0.25) is 9.59 Å². The number of pyridine rings is 1. The van der Waals surface area contributed by atoms with Crippen LogP contribution in [-0.2, 0) is 11.3 Å². The summed E-state index contributed by atoms with van der Waals surface area (Å²) in [6, 6.07) is 0.137. The number of hydrogen-bond donors (Lipinski definition) is 0. The number of amides is 1. The summed E-state index contributed by atoms with van der Waals surface area (Å²) in [4.78, 5) is 38.7. The number of nitrogens with zero attached hydrogens (tertiary/aromatic N) is 2. The molecule has 0 saturated carbocycles. The molecule has 7 heteroatoms. The molecule has 0 aromatic carbocycles. The molecule has 1 unspecified atom stereocenters. The zero-order valence-corrected chi connectivity index (χ0v) is 13.9. The van der Waals surface area contributed by atoms with E-state index in [-0.39, 0.29) is 28.6 Å². The second-order valence-corrected chi connectivity index (χ2v) is 6.35. The lowest BCUT2D eigenvalue weighted by atomic mass is 9.98. The van der Waals surface area contributed by atoms with Crippen LogP contribution in [0.5, 0.6) is 0 Å². The standard InChI is InChI=1S/C15H17BrN2O4/c1-2-22-15(21)10-8-17-7-9-5-3-4-6-18(9)14(20)12(17)11(16)13(10)19/h8-9H,2-7H2,1H3. The molecule has 0 bridgehead atoms. The Labute approximate surface area is 136 Å². The van der Waals surface area contributed by atoms with E-state index in [4.69, 9.17) is 4.74 Å². The summed E-state index contributed by atoms with van der Waals surface area (Å²) in [5.41, 5.74) is -0.195. The zero-order chi connectivity index (χ0) is 15.9. The summed E-state index contributed by atoms with van der Waals surface area (Å²) in [5, 5.41) is 0. The Morgan fingerprint density at radius 2 is 2.18 bits per heavy atom. The Kier molecular flexibility index (Phi) is 4.08. The summed E-state index contributed by atoms with van der Waals surface area (Å²) in [6.07, 6.45) is 4.49. The third-order valence-electron chi connectivity index (χ3n) is 4.22. The van der Waals surface area contributed by atoms with Crippen molar-refractivity contribution in [1.29, 1.82) is 0 Å². The molecule has 1 aromatic rings. The lowest BCUT2D eigenvalue weighted by Gasteiger charge is -2.41. The molecule has 1 saturated heterocycles. The van der Waals surface area contributed by atoms with Crippen LogP contribution in [-0.4, -0.2) is 40.5 Å². The van der Waals surface area contributed by atoms with Crippen LogP contribution >= 0.6 is 15.9 Å². The first-order chi connectivity index (χ1) is 10.5. The van der Waals surface area contributed by atoms with E-state index >= 15 is 0 Å². The molecular formula is C15H17BrN2O4. The van der Waals surface area contributed by atoms with Crippen molar-refractivity contribution in [1.82, 2.24) is 9.47 Å². The predicted octanol–water partition coefficient (Wildman–Crippen LogP) is 1.80. The normalized spacial score (nSPS) is 20.4. The highest BCUT2D eigenvalue weighted by Crippen LogP contribution is 2.28. The van der Waals surface area contributed by atoms with Gasteiger partial charge in [0, 0.05) is 25.3 Å². The molecule has 2 aliphatic heterocycles. The quantitative estimate of drug-likeness (QED) is 0.746. The monoisotopic (exact) mass is 368 g/mol. The zero-order valence-electron chi connectivity index (χ0n) is 12.3. The van der Waals surface area contributed by atoms with E-state index in [1.807, 2.05) is 4.90 Å². The van der Waals surface area contributed by atoms with Crippen LogP contribution < -0.4 is 5.43 Å². The Morgan fingerprint density at radius 1 is 1.41 bits per heavy atom. The maximum Gasteiger partial charge on any atom is 0.343 e. The number of carbonyl (C=O) groups excluding carboxylic acids is 2. The summed E-state index contributed by atoms with van der Waals surface area (Å²) in [6.45, 7) is 3.22. The molecule has 0 aliphatic carbocycles. The molecule has 0 N–H and O–H groups in total. The molecule has 6 nitrogen and oxygen atoms in total. The van der Waals surface area contributed by atoms with Crippen molar-refractivity contribution >= 4 is 27.8 Å². The van der Waals surface area contributed by atoms with Gasteiger partial charge in [-0.05, 0) is 42.1 Å². The molecule has 0 spiro atoms. The van der Waals surface area contributed by atoms with Gasteiger partial charge in [0.05, 0.1) is 11.1 Å². The average molecular weight is 369 g/mol. The number of hydrogen-bond acceptors (Lipinski definition) is 4. The van der Waals surface area contributed by atoms with E-state index in [9.17, 15) is 14.4 Å². The second-order valence-electron chi connectivity index (χ2n) is 5.56. The van der Waals surface area contributed by atoms with E-state index in [2.05, 4.69) is 15.9 Å². The first kappa shape index (κ1) is 15.3. The Bertz CT molecular complexity index is 698. The lowest BCUT2D eigenvalue weighted by molar-refractivity contribution is 0.0488. The third-order valence-corrected chi connectivity index (χ3v) is 4.95. The van der Waals surface area contributed by atoms with Crippen LogP contribution in [0.15, 0.2) is 15.5 Å². The van der Waals surface area contributed by atoms with Crippen molar-refractivity contribution in [3.05, 3.63) is 32.2 Å². The fourth-order valence-corrected chi connectivity index (χ4v) is 3.78. The number of halogens is 1. The molecule has 1 amide bonds. The van der Waals surface area contributed by atoms with Crippen molar-refractivity contribution in [3.63, 3.8) is 0 Å². The van der Waals surface area contributed by atoms with Gasteiger partial charge in [0.2, 0.25) is 5.43 Å². The van der Waals surface area contributed by atoms with Gasteiger partial charge in [0.1, 0.15) is 11.3 Å². The minimum Gasteiger partial charge on any atom is -0.462 e. The first-order valence-corrected chi connectivity index (χ1v) is 8.25. The smallest absolute Gasteiger partial charge is 0.343 e. The maximum atomic E-state index is 12.7. The molecule has 3 heterocycles. The van der Waals surface area contributed by atoms with Crippen LogP contribution in [0.25, 0.3) is 0 Å². The molecule has 2 aliphatic rings. The van der Waals surface area contributed by atoms with Gasteiger partial charge in [-0.25, -0.2) is 4.79 Å². The van der Waals surface area contributed by atoms with Crippen LogP contribution in [0.2, 0.25) is 0 Å². The minimum atomic E-state index is -0.651. The number of ether oxygens (including phenoxy) is 1. The summed E-state index contributed by atoms with van der Waals surface area (Å²) in [7, 11) is 0. The van der Waals surface area contributed by atoms with Gasteiger partial charge in [-0.2, -0.15) is 0 Å². The molecule has 1 aromatic heterocycles. The van der Waals surface area contributed by atoms with Gasteiger partial charge < -0.3 is 14.2 Å². The van der Waals surface area contributed by atoms with Crippen LogP contribution in [0.1, 0.15) is 47.0 Å². The van der Waals surface area contributed by atoms with Gasteiger partial charge in [-0.1, -0.05) is 0 Å². The molecular weight excluding hydrogens is 352 g/mol. The Morgan fingerprint density at radius 3 is 2.91 bits per heavy atom. The number of carbonyl (C=O) groups is 2. The molecule has 0 radical (unpaired) electrons. The summed E-state index contributed by atoms with van der Waals surface area (Å²) in [5.74, 6) is -0.794. The fourth-order valence-electron chi connectivity index (χ4n) is 3.17. The van der Waals surface area contributed by atoms with E-state index in [0.29, 0.717) is 12.2 Å². The second kappa shape index (κ2) is 5.87. The van der Waals surface area contributed by atoms with Crippen molar-refractivity contribution in [2.45, 2.75) is 38.8 Å². The highest BCUT2D eigenvalue weighted by molar-refractivity contribution is 9.10. The molecule has 3 rings (SSSR count). The van der Waals surface area contributed by atoms with Crippen LogP contribution in [0.3, 0.4) is 0 Å². The summed E-state index contributed by atoms with van der Waals surface area (Å²) < 4.78 is 6.78. The Balaban J connectivity index is 2.10. The van der Waals surface area contributed by atoms with Gasteiger partial charge >= 0.3 is 5.97 Å². The first-order valence-electron chi connectivity index (χ1n) is 7.45. The highest BCUT2D eigenvalue weighted by Gasteiger charge is 2.36. The minimum absolute atomic E-state index is 0.0328. The van der Waals surface area contributed by atoms with Crippen molar-refractivity contribution < 1.29 is 14.3 Å². The number of esters is 1. The van der Waals surface area contributed by atoms with Gasteiger partial charge in [0.25, 0.3) is 5.91 Å². The van der Waals surface area contributed by atoms with E-state index in [1.165, 1.54) is 6.20 Å². The van der Waals surface area contributed by atoms with Crippen molar-refractivity contribution in [2.24, 2.45) is 0 Å². The van der Waals surface area contributed by atoms with Crippen molar-refractivity contribution in [2.75, 3.05) is 13.2 Å². The molecule has 118 valence electrons. The van der Waals surface area contributed by atoms with Gasteiger partial charge in [0.15, 0.2) is 0 Å². The third kappa shape index (κ3) is 2.37. The molecule has 22 heavy (non-hydrogen) atoms. The molecule has 1 atom stereocenters. The SMILES string of the molecule is CCOC(=O)c1cn2c(c(Br)c1=O)C(=O)N1CCCCC1C2. The van der Waals surface area contributed by atoms with E-state index in [1.54, 1.807) is 11.5 Å². The summed E-state index contributed by atoms with van der Waals surface area (Å²) >= 11 is 3.20. The van der Waals surface area contributed by atoms with Crippen molar-refractivity contribution in [3.8, 4) is 0 Å². The lowest BCUT2D eigenvalue weighted by Crippen LogP contribution is -2.51. The number of rotatable bonds is 2. The van der Waals surface area contributed by atoms with Crippen LogP contribution in [0, 0.1) is 0 Å². The highest BCUT2D eigenvalue weighted by atomic mass is 79.9. The molecule has 1 fully saturated rings. The number of piperidine rings is 1. The topological polar surface area (TPSA) is 68.6 Å². The largest absolute Gasteiger partial charge is 0.462 e. The van der Waals surface area contributed by atoms with E-state index < -0.39 is 11.4 Å². The maximum absolute atomic E-state index is 12.7. The van der Waals surface area contributed by atoms with E-state index in [0.717, 1.165) is 25.8 Å². The fraction of sp³-hybridized carbons (Fsp3) is 0.533. The Hall–Kier alpha value is -1.63.